The Hall–Kier alpha value is -3.41. The van der Waals surface area contributed by atoms with Crippen LogP contribution in [0.1, 0.15) is 46.9 Å². The van der Waals surface area contributed by atoms with Crippen molar-refractivity contribution >= 4 is 17.6 Å². The number of hydrogen-bond donors (Lipinski definition) is 1. The van der Waals surface area contributed by atoms with Gasteiger partial charge in [-0.3, -0.25) is 14.5 Å². The van der Waals surface area contributed by atoms with Gasteiger partial charge in [-0.15, -0.1) is 0 Å². The summed E-state index contributed by atoms with van der Waals surface area (Å²) >= 11 is 0. The van der Waals surface area contributed by atoms with Gasteiger partial charge in [0.25, 0.3) is 5.91 Å². The van der Waals surface area contributed by atoms with E-state index < -0.39 is 0 Å². The van der Waals surface area contributed by atoms with Crippen LogP contribution in [0.15, 0.2) is 60.7 Å². The lowest BCUT2D eigenvalue weighted by Crippen LogP contribution is -2.37. The molecule has 0 bridgehead atoms. The van der Waals surface area contributed by atoms with E-state index in [4.69, 9.17) is 0 Å². The maximum absolute atomic E-state index is 12.6. The Morgan fingerprint density at radius 3 is 2.58 bits per heavy atom. The minimum absolute atomic E-state index is 0.0742. The molecule has 3 aromatic rings. The van der Waals surface area contributed by atoms with Crippen LogP contribution in [0.3, 0.4) is 0 Å². The predicted octanol–water partition coefficient (Wildman–Crippen LogP) is 3.88. The van der Waals surface area contributed by atoms with Crippen LogP contribution in [-0.2, 0) is 24.3 Å². The lowest BCUT2D eigenvalue weighted by molar-refractivity contribution is -0.119. The van der Waals surface area contributed by atoms with Crippen LogP contribution in [-0.4, -0.2) is 27.6 Å². The number of fused-ring (bicyclic) bond motifs is 1. The zero-order chi connectivity index (χ0) is 21.8. The summed E-state index contributed by atoms with van der Waals surface area (Å²) in [4.78, 5) is 26.8. The third-order valence-corrected chi connectivity index (χ3v) is 5.64. The molecule has 2 heterocycles. The number of amides is 2. The highest BCUT2D eigenvalue weighted by Gasteiger charge is 2.25. The van der Waals surface area contributed by atoms with Crippen LogP contribution >= 0.6 is 0 Å². The molecule has 160 valence electrons. The predicted molar refractivity (Wildman–Crippen MR) is 121 cm³/mol. The molecule has 0 spiro atoms. The average Bonchev–Trinajstić information content (AvgIpc) is 3.16. The van der Waals surface area contributed by atoms with Crippen molar-refractivity contribution in [3.05, 3.63) is 83.0 Å². The smallest absolute Gasteiger partial charge is 0.251 e. The number of carbonyl (C=O) groups excluding carboxylic acids is 2. The molecular formula is C25H28N4O2. The molecule has 1 aliphatic rings. The fourth-order valence-electron chi connectivity index (χ4n) is 3.90. The van der Waals surface area contributed by atoms with Crippen molar-refractivity contribution in [1.29, 1.82) is 0 Å². The van der Waals surface area contributed by atoms with Crippen molar-refractivity contribution in [2.24, 2.45) is 0 Å². The van der Waals surface area contributed by atoms with Gasteiger partial charge in [-0.1, -0.05) is 42.5 Å². The number of hydrogen-bond acceptors (Lipinski definition) is 3. The maximum atomic E-state index is 12.6. The molecular weight excluding hydrogens is 388 g/mol. The van der Waals surface area contributed by atoms with E-state index in [9.17, 15) is 9.59 Å². The van der Waals surface area contributed by atoms with Crippen LogP contribution in [0, 0.1) is 6.92 Å². The number of nitrogens with one attached hydrogen (secondary N) is 1. The van der Waals surface area contributed by atoms with E-state index in [1.54, 1.807) is 4.90 Å². The molecule has 2 aromatic carbocycles. The molecule has 2 amide bonds. The number of aromatic nitrogens is 2. The largest absolute Gasteiger partial charge is 0.350 e. The Morgan fingerprint density at radius 2 is 1.84 bits per heavy atom. The number of benzene rings is 2. The van der Waals surface area contributed by atoms with E-state index in [1.807, 2.05) is 67.1 Å². The number of anilines is 1. The molecule has 1 atom stereocenters. The monoisotopic (exact) mass is 416 g/mol. The Morgan fingerprint density at radius 1 is 1.10 bits per heavy atom. The van der Waals surface area contributed by atoms with Crippen molar-refractivity contribution in [3.63, 3.8) is 0 Å². The molecule has 0 radical (unpaired) electrons. The molecule has 0 unspecified atom stereocenters. The lowest BCUT2D eigenvalue weighted by atomic mass is 10.1. The van der Waals surface area contributed by atoms with Gasteiger partial charge in [-0.25, -0.2) is 4.68 Å². The van der Waals surface area contributed by atoms with Crippen LogP contribution in [0.4, 0.5) is 5.82 Å². The molecule has 0 aliphatic carbocycles. The van der Waals surface area contributed by atoms with Gasteiger partial charge in [0, 0.05) is 24.1 Å². The maximum Gasteiger partial charge on any atom is 0.251 e. The number of carbonyl (C=O) groups is 2. The fraction of sp³-hybridized carbons (Fsp3) is 0.320. The molecule has 0 fully saturated rings. The van der Waals surface area contributed by atoms with E-state index in [2.05, 4.69) is 22.5 Å². The highest BCUT2D eigenvalue weighted by molar-refractivity contribution is 5.95. The first kappa shape index (κ1) is 20.8. The molecule has 1 aliphatic heterocycles. The van der Waals surface area contributed by atoms with Gasteiger partial charge in [-0.05, 0) is 49.9 Å². The van der Waals surface area contributed by atoms with Crippen molar-refractivity contribution < 1.29 is 9.59 Å². The van der Waals surface area contributed by atoms with Gasteiger partial charge in [0.05, 0.1) is 18.8 Å². The average molecular weight is 417 g/mol. The minimum Gasteiger partial charge on any atom is -0.350 e. The zero-order valence-electron chi connectivity index (χ0n) is 18.0. The highest BCUT2D eigenvalue weighted by Crippen LogP contribution is 2.24. The summed E-state index contributed by atoms with van der Waals surface area (Å²) in [6, 6.07) is 19.8. The van der Waals surface area contributed by atoms with E-state index in [0.29, 0.717) is 25.1 Å². The standard InChI is InChI=1S/C25H28N4O2/c1-18(8-9-20-6-4-3-5-7-20)26-25(31)22-12-10-21(11-13-22)17-28-23-16-19(2)27-29(23)15-14-24(28)30/h3-7,10-13,16,18H,8-9,14-15,17H2,1-2H3,(H,26,31)/t18-/m0/s1. The van der Waals surface area contributed by atoms with Crippen molar-refractivity contribution in [2.75, 3.05) is 4.90 Å². The van der Waals surface area contributed by atoms with Crippen LogP contribution in [0.5, 0.6) is 0 Å². The Labute approximate surface area is 182 Å². The van der Waals surface area contributed by atoms with Gasteiger partial charge in [0.15, 0.2) is 0 Å². The first-order valence-corrected chi connectivity index (χ1v) is 10.8. The van der Waals surface area contributed by atoms with Crippen LogP contribution in [0.25, 0.3) is 0 Å². The third-order valence-electron chi connectivity index (χ3n) is 5.64. The SMILES string of the molecule is Cc1cc2n(n1)CCC(=O)N2Cc1ccc(C(=O)N[C@@H](C)CCc2ccccc2)cc1. The van der Waals surface area contributed by atoms with E-state index in [1.165, 1.54) is 5.56 Å². The van der Waals surface area contributed by atoms with Gasteiger partial charge in [0.1, 0.15) is 5.82 Å². The first-order chi connectivity index (χ1) is 15.0. The molecule has 4 rings (SSSR count). The Bertz CT molecular complexity index is 1060. The number of nitrogens with zero attached hydrogens (tertiary/aromatic N) is 3. The molecule has 6 heteroatoms. The summed E-state index contributed by atoms with van der Waals surface area (Å²) in [7, 11) is 0. The number of aryl methyl sites for hydroxylation is 3. The van der Waals surface area contributed by atoms with E-state index >= 15 is 0 Å². The molecule has 1 aromatic heterocycles. The summed E-state index contributed by atoms with van der Waals surface area (Å²) < 4.78 is 1.88. The molecule has 6 nitrogen and oxygen atoms in total. The second-order valence-corrected chi connectivity index (χ2v) is 8.19. The van der Waals surface area contributed by atoms with Gasteiger partial charge in [-0.2, -0.15) is 5.10 Å². The zero-order valence-corrected chi connectivity index (χ0v) is 18.0. The second-order valence-electron chi connectivity index (χ2n) is 8.19. The molecule has 0 saturated carbocycles. The molecule has 31 heavy (non-hydrogen) atoms. The van der Waals surface area contributed by atoms with E-state index in [-0.39, 0.29) is 17.9 Å². The Kier molecular flexibility index (Phi) is 6.16. The third kappa shape index (κ3) is 5.02. The fourth-order valence-corrected chi connectivity index (χ4v) is 3.90. The van der Waals surface area contributed by atoms with Crippen molar-refractivity contribution in [2.45, 2.75) is 52.2 Å². The summed E-state index contributed by atoms with van der Waals surface area (Å²) in [5, 5.41) is 7.52. The Balaban J connectivity index is 1.34. The molecule has 0 saturated heterocycles. The first-order valence-electron chi connectivity index (χ1n) is 10.8. The normalized spacial score (nSPS) is 14.3. The highest BCUT2D eigenvalue weighted by atomic mass is 16.2. The quantitative estimate of drug-likeness (QED) is 0.636. The topological polar surface area (TPSA) is 67.2 Å². The second kappa shape index (κ2) is 9.16. The summed E-state index contributed by atoms with van der Waals surface area (Å²) in [5.74, 6) is 0.860. The number of rotatable bonds is 7. The summed E-state index contributed by atoms with van der Waals surface area (Å²) in [6.07, 6.45) is 2.27. The summed E-state index contributed by atoms with van der Waals surface area (Å²) in [6.45, 7) is 5.06. The van der Waals surface area contributed by atoms with Gasteiger partial charge >= 0.3 is 0 Å². The van der Waals surface area contributed by atoms with Crippen LogP contribution < -0.4 is 10.2 Å². The van der Waals surface area contributed by atoms with Gasteiger partial charge < -0.3 is 5.32 Å². The van der Waals surface area contributed by atoms with Crippen molar-refractivity contribution in [3.8, 4) is 0 Å². The summed E-state index contributed by atoms with van der Waals surface area (Å²) in [5.41, 5.74) is 3.79. The lowest BCUT2D eigenvalue weighted by Gasteiger charge is -2.27. The minimum atomic E-state index is -0.0742. The van der Waals surface area contributed by atoms with E-state index in [0.717, 1.165) is 29.9 Å². The van der Waals surface area contributed by atoms with Crippen molar-refractivity contribution in [1.82, 2.24) is 15.1 Å². The van der Waals surface area contributed by atoms with Gasteiger partial charge in [0.2, 0.25) is 5.91 Å². The molecule has 1 N–H and O–H groups in total. The van der Waals surface area contributed by atoms with Crippen LogP contribution in [0.2, 0.25) is 0 Å².